The van der Waals surface area contributed by atoms with Crippen LogP contribution in [0.1, 0.15) is 11.1 Å². The second-order valence-corrected chi connectivity index (χ2v) is 8.54. The van der Waals surface area contributed by atoms with Crippen LogP contribution in [0.5, 0.6) is 5.75 Å². The van der Waals surface area contributed by atoms with E-state index >= 15 is 0 Å². The average molecular weight is 406 g/mol. The first-order valence-electron chi connectivity index (χ1n) is 8.75. The smallest absolute Gasteiger partial charge is 0.287 e. The van der Waals surface area contributed by atoms with E-state index in [1.165, 1.54) is 23.7 Å². The maximum Gasteiger partial charge on any atom is 0.287 e. The van der Waals surface area contributed by atoms with E-state index < -0.39 is 14.9 Å². The van der Waals surface area contributed by atoms with E-state index in [1.54, 1.807) is 25.1 Å². The van der Waals surface area contributed by atoms with Gasteiger partial charge in [-0.2, -0.15) is 4.31 Å². The van der Waals surface area contributed by atoms with Crippen LogP contribution in [-0.4, -0.2) is 55.9 Å². The first-order chi connectivity index (χ1) is 13.2. The Kier molecular flexibility index (Phi) is 5.52. The van der Waals surface area contributed by atoms with Crippen molar-refractivity contribution in [2.75, 3.05) is 38.2 Å². The molecule has 10 heteroatoms. The molecule has 9 nitrogen and oxygen atoms in total. The van der Waals surface area contributed by atoms with Crippen LogP contribution in [0.2, 0.25) is 0 Å². The van der Waals surface area contributed by atoms with Crippen molar-refractivity contribution in [3.8, 4) is 5.75 Å². The normalized spacial score (nSPS) is 15.5. The predicted octanol–water partition coefficient (Wildman–Crippen LogP) is 2.13. The fourth-order valence-electron chi connectivity index (χ4n) is 3.25. The van der Waals surface area contributed by atoms with Crippen molar-refractivity contribution in [3.05, 3.63) is 51.7 Å². The van der Waals surface area contributed by atoms with Gasteiger partial charge in [0.1, 0.15) is 22.7 Å². The third-order valence-corrected chi connectivity index (χ3v) is 6.64. The third kappa shape index (κ3) is 3.78. The molecule has 1 fully saturated rings. The van der Waals surface area contributed by atoms with Gasteiger partial charge in [-0.25, -0.2) is 13.4 Å². The van der Waals surface area contributed by atoms with Gasteiger partial charge >= 0.3 is 0 Å². The molecule has 28 heavy (non-hydrogen) atoms. The summed E-state index contributed by atoms with van der Waals surface area (Å²) in [5, 5.41) is 10.9. The zero-order valence-corrected chi connectivity index (χ0v) is 16.8. The average Bonchev–Trinajstić information content (AvgIpc) is 2.68. The number of anilines is 1. The van der Waals surface area contributed by atoms with E-state index in [9.17, 15) is 18.5 Å². The molecule has 2 aromatic rings. The van der Waals surface area contributed by atoms with Crippen molar-refractivity contribution < 1.29 is 18.1 Å². The fourth-order valence-corrected chi connectivity index (χ4v) is 4.91. The van der Waals surface area contributed by atoms with Crippen molar-refractivity contribution in [3.63, 3.8) is 0 Å². The first kappa shape index (κ1) is 20.0. The number of hydrogen-bond donors (Lipinski definition) is 0. The Balaban J connectivity index is 1.78. The van der Waals surface area contributed by atoms with E-state index in [-0.39, 0.29) is 23.7 Å². The monoisotopic (exact) mass is 406 g/mol. The van der Waals surface area contributed by atoms with Gasteiger partial charge in [0, 0.05) is 32.2 Å². The second-order valence-electron chi connectivity index (χ2n) is 6.64. The van der Waals surface area contributed by atoms with Gasteiger partial charge in [0.15, 0.2) is 0 Å². The standard InChI is InChI=1S/C18H22N4O5S/c1-13-4-5-16(27-3)17(10-13)28(25,26)21-8-6-20(7-9-21)18-14(2)11-15(12-19-18)22(23)24/h4-5,10-12H,6-9H2,1-3H3. The van der Waals surface area contributed by atoms with Gasteiger partial charge in [0.05, 0.1) is 12.0 Å². The molecule has 150 valence electrons. The SMILES string of the molecule is COc1ccc(C)cc1S(=O)(=O)N1CCN(c2ncc([N+](=O)[O-])cc2C)CC1. The number of benzene rings is 1. The highest BCUT2D eigenvalue weighted by Crippen LogP contribution is 2.29. The summed E-state index contributed by atoms with van der Waals surface area (Å²) in [5.74, 6) is 0.955. The summed E-state index contributed by atoms with van der Waals surface area (Å²) in [6.07, 6.45) is 1.23. The Hall–Kier alpha value is -2.72. The minimum absolute atomic E-state index is 0.0611. The van der Waals surface area contributed by atoms with Crippen molar-refractivity contribution in [1.29, 1.82) is 0 Å². The molecule has 0 radical (unpaired) electrons. The molecule has 1 aliphatic heterocycles. The summed E-state index contributed by atoms with van der Waals surface area (Å²) in [4.78, 5) is 16.7. The largest absolute Gasteiger partial charge is 0.495 e. The van der Waals surface area contributed by atoms with Crippen LogP contribution in [0.3, 0.4) is 0 Å². The lowest BCUT2D eigenvalue weighted by molar-refractivity contribution is -0.385. The lowest BCUT2D eigenvalue weighted by Crippen LogP contribution is -2.49. The molecule has 0 atom stereocenters. The number of hydrogen-bond acceptors (Lipinski definition) is 7. The topological polar surface area (TPSA) is 106 Å². The van der Waals surface area contributed by atoms with Gasteiger partial charge in [0.2, 0.25) is 10.0 Å². The number of aromatic nitrogens is 1. The van der Waals surface area contributed by atoms with E-state index in [0.717, 1.165) is 5.56 Å². The molecule has 0 saturated carbocycles. The molecule has 1 aromatic heterocycles. The van der Waals surface area contributed by atoms with E-state index in [1.807, 2.05) is 11.8 Å². The third-order valence-electron chi connectivity index (χ3n) is 4.72. The van der Waals surface area contributed by atoms with Crippen LogP contribution in [0.25, 0.3) is 0 Å². The molecule has 1 aromatic carbocycles. The first-order valence-corrected chi connectivity index (χ1v) is 10.2. The number of nitro groups is 1. The van der Waals surface area contributed by atoms with Crippen molar-refractivity contribution >= 4 is 21.5 Å². The Bertz CT molecular complexity index is 1000. The quantitative estimate of drug-likeness (QED) is 0.553. The second kappa shape index (κ2) is 7.72. The lowest BCUT2D eigenvalue weighted by atomic mass is 10.2. The predicted molar refractivity (Wildman–Crippen MR) is 104 cm³/mol. The Morgan fingerprint density at radius 3 is 2.39 bits per heavy atom. The minimum Gasteiger partial charge on any atom is -0.495 e. The molecular formula is C18H22N4O5S. The summed E-state index contributed by atoms with van der Waals surface area (Å²) in [6, 6.07) is 6.55. The number of rotatable bonds is 5. The molecule has 0 bridgehead atoms. The molecule has 0 amide bonds. The number of ether oxygens (including phenoxy) is 1. The maximum atomic E-state index is 13.1. The lowest BCUT2D eigenvalue weighted by Gasteiger charge is -2.35. The van der Waals surface area contributed by atoms with Crippen LogP contribution >= 0.6 is 0 Å². The van der Waals surface area contributed by atoms with Crippen molar-refractivity contribution in [2.45, 2.75) is 18.7 Å². The van der Waals surface area contributed by atoms with Crippen LogP contribution in [0, 0.1) is 24.0 Å². The van der Waals surface area contributed by atoms with Crippen LogP contribution in [-0.2, 0) is 10.0 Å². The molecule has 0 unspecified atom stereocenters. The van der Waals surface area contributed by atoms with Gasteiger partial charge in [0.25, 0.3) is 5.69 Å². The fraction of sp³-hybridized carbons (Fsp3) is 0.389. The van der Waals surface area contributed by atoms with Crippen LogP contribution < -0.4 is 9.64 Å². The zero-order chi connectivity index (χ0) is 20.5. The molecule has 1 saturated heterocycles. The van der Waals surface area contributed by atoms with Crippen LogP contribution in [0.4, 0.5) is 11.5 Å². The van der Waals surface area contributed by atoms with Gasteiger partial charge < -0.3 is 9.64 Å². The van der Waals surface area contributed by atoms with Gasteiger partial charge in [-0.3, -0.25) is 10.1 Å². The number of nitrogens with zero attached hydrogens (tertiary/aromatic N) is 4. The Morgan fingerprint density at radius 1 is 1.14 bits per heavy atom. The van der Waals surface area contributed by atoms with E-state index in [2.05, 4.69) is 4.98 Å². The molecule has 3 rings (SSSR count). The number of pyridine rings is 1. The zero-order valence-electron chi connectivity index (χ0n) is 16.0. The summed E-state index contributed by atoms with van der Waals surface area (Å²) < 4.78 is 32.8. The molecule has 1 aliphatic rings. The van der Waals surface area contributed by atoms with Crippen LogP contribution in [0.15, 0.2) is 35.4 Å². The summed E-state index contributed by atoms with van der Waals surface area (Å²) in [7, 11) is -2.24. The Labute approximate surface area is 163 Å². The molecule has 2 heterocycles. The molecular weight excluding hydrogens is 384 g/mol. The number of piperazine rings is 1. The van der Waals surface area contributed by atoms with Gasteiger partial charge in [-0.15, -0.1) is 0 Å². The van der Waals surface area contributed by atoms with Crippen molar-refractivity contribution in [1.82, 2.24) is 9.29 Å². The number of methoxy groups -OCH3 is 1. The minimum atomic E-state index is -3.69. The van der Waals surface area contributed by atoms with Crippen molar-refractivity contribution in [2.24, 2.45) is 0 Å². The molecule has 0 N–H and O–H groups in total. The maximum absolute atomic E-state index is 13.1. The van der Waals surface area contributed by atoms with Gasteiger partial charge in [-0.05, 0) is 37.1 Å². The Morgan fingerprint density at radius 2 is 1.82 bits per heavy atom. The molecule has 0 aliphatic carbocycles. The summed E-state index contributed by atoms with van der Waals surface area (Å²) in [5.41, 5.74) is 1.46. The van der Waals surface area contributed by atoms with Gasteiger partial charge in [-0.1, -0.05) is 6.07 Å². The van der Waals surface area contributed by atoms with E-state index in [4.69, 9.17) is 4.74 Å². The summed E-state index contributed by atoms with van der Waals surface area (Å²) >= 11 is 0. The molecule has 0 spiro atoms. The van der Waals surface area contributed by atoms with E-state index in [0.29, 0.717) is 30.2 Å². The highest BCUT2D eigenvalue weighted by molar-refractivity contribution is 7.89. The summed E-state index contributed by atoms with van der Waals surface area (Å²) in [6.45, 7) is 5.06. The number of sulfonamides is 1. The highest BCUT2D eigenvalue weighted by Gasteiger charge is 2.31. The number of aryl methyl sites for hydroxylation is 2. The highest BCUT2D eigenvalue weighted by atomic mass is 32.2.